The van der Waals surface area contributed by atoms with Gasteiger partial charge < -0.3 is 10.6 Å². The van der Waals surface area contributed by atoms with Crippen molar-refractivity contribution in [3.63, 3.8) is 0 Å². The van der Waals surface area contributed by atoms with Crippen LogP contribution in [0.2, 0.25) is 0 Å². The highest BCUT2D eigenvalue weighted by Gasteiger charge is 2.16. The lowest BCUT2D eigenvalue weighted by molar-refractivity contribution is 0.0925. The maximum Gasteiger partial charge on any atom is 0.270 e. The van der Waals surface area contributed by atoms with Crippen LogP contribution in [0.25, 0.3) is 0 Å². The predicted octanol–water partition coefficient (Wildman–Crippen LogP) is 0.625. The van der Waals surface area contributed by atoms with E-state index in [2.05, 4.69) is 15.6 Å². The van der Waals surface area contributed by atoms with Crippen LogP contribution < -0.4 is 10.6 Å². The first-order chi connectivity index (χ1) is 6.86. The Labute approximate surface area is 86.7 Å². The number of piperidine rings is 1. The van der Waals surface area contributed by atoms with Crippen LogP contribution in [-0.4, -0.2) is 30.0 Å². The summed E-state index contributed by atoms with van der Waals surface area (Å²) < 4.78 is 0. The molecule has 14 heavy (non-hydrogen) atoms. The minimum absolute atomic E-state index is 0.0434. The normalized spacial score (nSPS) is 18.0. The summed E-state index contributed by atoms with van der Waals surface area (Å²) >= 11 is 1.45. The number of carbonyl (C=O) groups is 1. The van der Waals surface area contributed by atoms with Gasteiger partial charge in [0, 0.05) is 11.4 Å². The Balaban J connectivity index is 1.87. The second kappa shape index (κ2) is 4.52. The summed E-state index contributed by atoms with van der Waals surface area (Å²) in [5, 5.41) is 8.02. The fourth-order valence-corrected chi connectivity index (χ4v) is 2.08. The summed E-state index contributed by atoms with van der Waals surface area (Å²) in [5.74, 6) is -0.0434. The molecule has 1 aromatic heterocycles. The molecular weight excluding hydrogens is 198 g/mol. The molecular formula is C9H13N3OS. The van der Waals surface area contributed by atoms with E-state index in [9.17, 15) is 4.79 Å². The SMILES string of the molecule is O=C(NC1CCNCC1)c1cscn1. The monoisotopic (exact) mass is 211 g/mol. The van der Waals surface area contributed by atoms with Gasteiger partial charge in [-0.05, 0) is 25.9 Å². The zero-order chi connectivity index (χ0) is 9.80. The Morgan fingerprint density at radius 3 is 3.00 bits per heavy atom. The quantitative estimate of drug-likeness (QED) is 0.754. The Morgan fingerprint density at radius 2 is 2.36 bits per heavy atom. The number of nitrogens with zero attached hydrogens (tertiary/aromatic N) is 1. The van der Waals surface area contributed by atoms with Gasteiger partial charge >= 0.3 is 0 Å². The van der Waals surface area contributed by atoms with E-state index < -0.39 is 0 Å². The van der Waals surface area contributed by atoms with Gasteiger partial charge in [0.25, 0.3) is 5.91 Å². The highest BCUT2D eigenvalue weighted by Crippen LogP contribution is 2.05. The van der Waals surface area contributed by atoms with Gasteiger partial charge in [-0.25, -0.2) is 4.98 Å². The Hall–Kier alpha value is -0.940. The standard InChI is InChI=1S/C9H13N3OS/c13-9(8-5-14-6-11-8)12-7-1-3-10-4-2-7/h5-7,10H,1-4H2,(H,12,13). The maximum absolute atomic E-state index is 11.6. The number of rotatable bonds is 2. The number of nitrogens with one attached hydrogen (secondary N) is 2. The third-order valence-electron chi connectivity index (χ3n) is 2.34. The molecule has 4 nitrogen and oxygen atoms in total. The molecule has 76 valence electrons. The molecule has 1 aliphatic heterocycles. The molecule has 1 aromatic rings. The summed E-state index contributed by atoms with van der Waals surface area (Å²) in [5.41, 5.74) is 2.21. The number of hydrogen-bond donors (Lipinski definition) is 2. The van der Waals surface area contributed by atoms with Crippen molar-refractivity contribution in [1.82, 2.24) is 15.6 Å². The Bertz CT molecular complexity index is 293. The molecule has 1 saturated heterocycles. The molecule has 0 spiro atoms. The van der Waals surface area contributed by atoms with E-state index in [-0.39, 0.29) is 5.91 Å². The van der Waals surface area contributed by atoms with Crippen molar-refractivity contribution in [2.75, 3.05) is 13.1 Å². The number of hydrogen-bond acceptors (Lipinski definition) is 4. The van der Waals surface area contributed by atoms with E-state index in [1.807, 2.05) is 0 Å². The molecule has 1 fully saturated rings. The highest BCUT2D eigenvalue weighted by molar-refractivity contribution is 7.07. The zero-order valence-electron chi connectivity index (χ0n) is 7.82. The summed E-state index contributed by atoms with van der Waals surface area (Å²) in [7, 11) is 0. The first-order valence-electron chi connectivity index (χ1n) is 4.76. The molecule has 0 unspecified atom stereocenters. The van der Waals surface area contributed by atoms with Crippen LogP contribution in [0.1, 0.15) is 23.3 Å². The Kier molecular flexibility index (Phi) is 3.10. The topological polar surface area (TPSA) is 54.0 Å². The van der Waals surface area contributed by atoms with Gasteiger partial charge in [0.15, 0.2) is 0 Å². The van der Waals surface area contributed by atoms with Gasteiger partial charge in [-0.15, -0.1) is 11.3 Å². The van der Waals surface area contributed by atoms with Crippen molar-refractivity contribution in [2.24, 2.45) is 0 Å². The number of carbonyl (C=O) groups excluding carboxylic acids is 1. The van der Waals surface area contributed by atoms with E-state index >= 15 is 0 Å². The molecule has 0 aromatic carbocycles. The minimum Gasteiger partial charge on any atom is -0.348 e. The molecule has 1 amide bonds. The van der Waals surface area contributed by atoms with Crippen molar-refractivity contribution in [3.05, 3.63) is 16.6 Å². The van der Waals surface area contributed by atoms with E-state index in [0.29, 0.717) is 11.7 Å². The van der Waals surface area contributed by atoms with E-state index in [1.54, 1.807) is 10.9 Å². The molecule has 0 saturated carbocycles. The molecule has 2 N–H and O–H groups in total. The van der Waals surface area contributed by atoms with Crippen molar-refractivity contribution < 1.29 is 4.79 Å². The first kappa shape index (κ1) is 9.61. The van der Waals surface area contributed by atoms with Gasteiger partial charge in [0.1, 0.15) is 5.69 Å². The largest absolute Gasteiger partial charge is 0.348 e. The molecule has 1 aliphatic rings. The highest BCUT2D eigenvalue weighted by atomic mass is 32.1. The van der Waals surface area contributed by atoms with Gasteiger partial charge in [-0.1, -0.05) is 0 Å². The molecule has 2 heterocycles. The molecule has 0 bridgehead atoms. The second-order valence-corrected chi connectivity index (χ2v) is 4.09. The van der Waals surface area contributed by atoms with Crippen molar-refractivity contribution in [1.29, 1.82) is 0 Å². The fraction of sp³-hybridized carbons (Fsp3) is 0.556. The number of aromatic nitrogens is 1. The Morgan fingerprint density at radius 1 is 1.57 bits per heavy atom. The van der Waals surface area contributed by atoms with Crippen LogP contribution in [0.3, 0.4) is 0 Å². The first-order valence-corrected chi connectivity index (χ1v) is 5.70. The number of thiazole rings is 1. The summed E-state index contributed by atoms with van der Waals surface area (Å²) in [4.78, 5) is 15.6. The van der Waals surface area contributed by atoms with Crippen LogP contribution in [-0.2, 0) is 0 Å². The maximum atomic E-state index is 11.6. The fourth-order valence-electron chi connectivity index (χ4n) is 1.55. The molecule has 0 atom stereocenters. The van der Waals surface area contributed by atoms with Gasteiger partial charge in [-0.3, -0.25) is 4.79 Å². The lowest BCUT2D eigenvalue weighted by Gasteiger charge is -2.23. The average molecular weight is 211 g/mol. The minimum atomic E-state index is -0.0434. The lowest BCUT2D eigenvalue weighted by Crippen LogP contribution is -2.42. The third-order valence-corrected chi connectivity index (χ3v) is 2.93. The third kappa shape index (κ3) is 2.30. The molecule has 5 heteroatoms. The van der Waals surface area contributed by atoms with Crippen molar-refractivity contribution in [2.45, 2.75) is 18.9 Å². The van der Waals surface area contributed by atoms with Gasteiger partial charge in [0.05, 0.1) is 5.51 Å². The zero-order valence-corrected chi connectivity index (χ0v) is 8.64. The van der Waals surface area contributed by atoms with E-state index in [1.165, 1.54) is 11.3 Å². The predicted molar refractivity (Wildman–Crippen MR) is 55.5 cm³/mol. The summed E-state index contributed by atoms with van der Waals surface area (Å²) in [6.45, 7) is 1.98. The van der Waals surface area contributed by atoms with Crippen molar-refractivity contribution >= 4 is 17.2 Å². The smallest absolute Gasteiger partial charge is 0.270 e. The van der Waals surface area contributed by atoms with Crippen molar-refractivity contribution in [3.8, 4) is 0 Å². The summed E-state index contributed by atoms with van der Waals surface area (Å²) in [6.07, 6.45) is 2.02. The average Bonchev–Trinajstić information content (AvgIpc) is 2.72. The molecule has 0 radical (unpaired) electrons. The van der Waals surface area contributed by atoms with Crippen LogP contribution in [0.4, 0.5) is 0 Å². The van der Waals surface area contributed by atoms with Crippen LogP contribution in [0.15, 0.2) is 10.9 Å². The molecule has 2 rings (SSSR count). The van der Waals surface area contributed by atoms with Crippen LogP contribution >= 0.6 is 11.3 Å². The second-order valence-electron chi connectivity index (χ2n) is 3.37. The van der Waals surface area contributed by atoms with Gasteiger partial charge in [0.2, 0.25) is 0 Å². The van der Waals surface area contributed by atoms with E-state index in [0.717, 1.165) is 25.9 Å². The van der Waals surface area contributed by atoms with E-state index in [4.69, 9.17) is 0 Å². The van der Waals surface area contributed by atoms with Crippen LogP contribution in [0.5, 0.6) is 0 Å². The molecule has 0 aliphatic carbocycles. The lowest BCUT2D eigenvalue weighted by atomic mass is 10.1. The summed E-state index contributed by atoms with van der Waals surface area (Å²) in [6, 6.07) is 0.311. The van der Waals surface area contributed by atoms with Gasteiger partial charge in [-0.2, -0.15) is 0 Å². The number of amides is 1. The van der Waals surface area contributed by atoms with Crippen LogP contribution in [0, 0.1) is 0 Å².